The van der Waals surface area contributed by atoms with Crippen LogP contribution in [0.1, 0.15) is 12.5 Å². The van der Waals surface area contributed by atoms with Crippen molar-refractivity contribution >= 4 is 39.3 Å². The van der Waals surface area contributed by atoms with Gasteiger partial charge in [0.25, 0.3) is 0 Å². The number of hydrogen-bond acceptors (Lipinski definition) is 2. The van der Waals surface area contributed by atoms with E-state index in [9.17, 15) is 9.59 Å². The van der Waals surface area contributed by atoms with Crippen molar-refractivity contribution in [2.24, 2.45) is 11.7 Å². The first-order valence-corrected chi connectivity index (χ1v) is 7.14. The van der Waals surface area contributed by atoms with Crippen molar-refractivity contribution in [1.82, 2.24) is 4.90 Å². The first-order chi connectivity index (χ1) is 8.93. The first kappa shape index (κ1) is 16.0. The Bertz CT molecular complexity index is 450. The summed E-state index contributed by atoms with van der Waals surface area (Å²) in [4.78, 5) is 24.6. The predicted octanol–water partition coefficient (Wildman–Crippen LogP) is 2.14. The van der Waals surface area contributed by atoms with Crippen LogP contribution in [0.5, 0.6) is 0 Å². The normalized spacial score (nSPS) is 11.9. The molecule has 1 unspecified atom stereocenters. The summed E-state index contributed by atoms with van der Waals surface area (Å²) in [6.07, 6.45) is 0. The van der Waals surface area contributed by atoms with Crippen LogP contribution in [0.15, 0.2) is 28.7 Å². The highest BCUT2D eigenvalue weighted by Gasteiger charge is 2.21. The molecule has 2 N–H and O–H groups in total. The van der Waals surface area contributed by atoms with Gasteiger partial charge in [-0.3, -0.25) is 9.59 Å². The van der Waals surface area contributed by atoms with Crippen molar-refractivity contribution in [3.8, 4) is 0 Å². The minimum absolute atomic E-state index is 0.101. The van der Waals surface area contributed by atoms with Gasteiger partial charge < -0.3 is 10.6 Å². The van der Waals surface area contributed by atoms with Gasteiger partial charge >= 0.3 is 0 Å². The molecule has 0 aromatic heterocycles. The first-order valence-electron chi connectivity index (χ1n) is 5.81. The number of alkyl halides is 1. The highest BCUT2D eigenvalue weighted by atomic mass is 79.9. The second kappa shape index (κ2) is 7.50. The van der Waals surface area contributed by atoms with Gasteiger partial charge in [0.05, 0.1) is 6.54 Å². The van der Waals surface area contributed by atoms with Crippen molar-refractivity contribution in [3.63, 3.8) is 0 Å². The lowest BCUT2D eigenvalue weighted by Crippen LogP contribution is -2.41. The van der Waals surface area contributed by atoms with Crippen LogP contribution >= 0.6 is 27.5 Å². The monoisotopic (exact) mass is 346 g/mol. The lowest BCUT2D eigenvalue weighted by atomic mass is 10.1. The molecular formula is C13H16BrClN2O2. The SMILES string of the molecule is CC(CCl)C(=O)N(CC(N)=O)Cc1ccc(Br)cc1. The fourth-order valence-electron chi connectivity index (χ4n) is 1.59. The molecule has 0 aliphatic carbocycles. The number of carbonyl (C=O) groups is 2. The number of primary amides is 1. The van der Waals surface area contributed by atoms with E-state index < -0.39 is 5.91 Å². The van der Waals surface area contributed by atoms with Crippen molar-refractivity contribution in [1.29, 1.82) is 0 Å². The summed E-state index contributed by atoms with van der Waals surface area (Å²) in [6, 6.07) is 7.54. The zero-order valence-corrected chi connectivity index (χ0v) is 12.9. The summed E-state index contributed by atoms with van der Waals surface area (Å²) in [6.45, 7) is 1.97. The molecule has 0 saturated carbocycles. The lowest BCUT2D eigenvalue weighted by Gasteiger charge is -2.24. The van der Waals surface area contributed by atoms with Crippen LogP contribution in [0.2, 0.25) is 0 Å². The number of nitrogens with zero attached hydrogens (tertiary/aromatic N) is 1. The van der Waals surface area contributed by atoms with Crippen LogP contribution in [-0.2, 0) is 16.1 Å². The molecule has 4 nitrogen and oxygen atoms in total. The Hall–Kier alpha value is -1.07. The summed E-state index contributed by atoms with van der Waals surface area (Å²) in [5, 5.41) is 0. The fraction of sp³-hybridized carbons (Fsp3) is 0.385. The van der Waals surface area contributed by atoms with Crippen LogP contribution in [-0.4, -0.2) is 29.1 Å². The third-order valence-electron chi connectivity index (χ3n) is 2.60. The summed E-state index contributed by atoms with van der Waals surface area (Å²) < 4.78 is 0.957. The molecule has 0 spiro atoms. The van der Waals surface area contributed by atoms with Crippen LogP contribution in [0, 0.1) is 5.92 Å². The van der Waals surface area contributed by atoms with Gasteiger partial charge in [-0.2, -0.15) is 0 Å². The largest absolute Gasteiger partial charge is 0.368 e. The van der Waals surface area contributed by atoms with E-state index in [1.807, 2.05) is 24.3 Å². The maximum absolute atomic E-state index is 12.1. The Kier molecular flexibility index (Phi) is 6.31. The van der Waals surface area contributed by atoms with E-state index in [4.69, 9.17) is 17.3 Å². The average molecular weight is 348 g/mol. The zero-order chi connectivity index (χ0) is 14.4. The Morgan fingerprint density at radius 2 is 1.95 bits per heavy atom. The van der Waals surface area contributed by atoms with Crippen LogP contribution in [0.4, 0.5) is 0 Å². The lowest BCUT2D eigenvalue weighted by molar-refractivity contribution is -0.138. The zero-order valence-electron chi connectivity index (χ0n) is 10.6. The summed E-state index contributed by atoms with van der Waals surface area (Å²) in [5.41, 5.74) is 6.11. The maximum atomic E-state index is 12.1. The molecule has 0 fully saturated rings. The number of hydrogen-bond donors (Lipinski definition) is 1. The Balaban J connectivity index is 2.82. The number of amides is 2. The van der Waals surface area contributed by atoms with E-state index in [2.05, 4.69) is 15.9 Å². The Labute approximate surface area is 126 Å². The predicted molar refractivity (Wildman–Crippen MR) is 78.6 cm³/mol. The Morgan fingerprint density at radius 3 is 2.42 bits per heavy atom. The van der Waals surface area contributed by atoms with Gasteiger partial charge in [0, 0.05) is 22.8 Å². The quantitative estimate of drug-likeness (QED) is 0.801. The summed E-state index contributed by atoms with van der Waals surface area (Å²) in [5.74, 6) is -0.825. The minimum Gasteiger partial charge on any atom is -0.368 e. The second-order valence-electron chi connectivity index (χ2n) is 4.34. The molecule has 6 heteroatoms. The third kappa shape index (κ3) is 5.20. The van der Waals surface area contributed by atoms with Gasteiger partial charge in [-0.15, -0.1) is 11.6 Å². The van der Waals surface area contributed by atoms with Gasteiger partial charge in [-0.05, 0) is 17.7 Å². The molecule has 2 amide bonds. The molecule has 0 radical (unpaired) electrons. The number of carbonyl (C=O) groups excluding carboxylic acids is 2. The van der Waals surface area contributed by atoms with Gasteiger partial charge in [-0.1, -0.05) is 35.0 Å². The number of benzene rings is 1. The molecule has 0 heterocycles. The van der Waals surface area contributed by atoms with E-state index in [0.29, 0.717) is 6.54 Å². The topological polar surface area (TPSA) is 63.4 Å². The van der Waals surface area contributed by atoms with E-state index >= 15 is 0 Å². The molecule has 0 aliphatic heterocycles. The van der Waals surface area contributed by atoms with Crippen molar-refractivity contribution < 1.29 is 9.59 Å². The second-order valence-corrected chi connectivity index (χ2v) is 5.57. The fourth-order valence-corrected chi connectivity index (χ4v) is 1.98. The van der Waals surface area contributed by atoms with Gasteiger partial charge in [0.15, 0.2) is 0 Å². The van der Waals surface area contributed by atoms with Crippen LogP contribution in [0.25, 0.3) is 0 Å². The Morgan fingerprint density at radius 1 is 1.37 bits per heavy atom. The average Bonchev–Trinajstić information content (AvgIpc) is 2.38. The van der Waals surface area contributed by atoms with E-state index in [0.717, 1.165) is 10.0 Å². The molecule has 1 aromatic rings. The van der Waals surface area contributed by atoms with Gasteiger partial charge in [0.2, 0.25) is 11.8 Å². The standard InChI is InChI=1S/C13H16BrClN2O2/c1-9(6-15)13(19)17(8-12(16)18)7-10-2-4-11(14)5-3-10/h2-5,9H,6-8H2,1H3,(H2,16,18). The van der Waals surface area contributed by atoms with E-state index in [-0.39, 0.29) is 24.2 Å². The van der Waals surface area contributed by atoms with Gasteiger partial charge in [0.1, 0.15) is 0 Å². The summed E-state index contributed by atoms with van der Waals surface area (Å²) in [7, 11) is 0. The van der Waals surface area contributed by atoms with Crippen LogP contribution in [0.3, 0.4) is 0 Å². The highest BCUT2D eigenvalue weighted by molar-refractivity contribution is 9.10. The molecule has 0 saturated heterocycles. The molecule has 0 bridgehead atoms. The molecule has 1 rings (SSSR count). The van der Waals surface area contributed by atoms with Crippen molar-refractivity contribution in [2.75, 3.05) is 12.4 Å². The van der Waals surface area contributed by atoms with E-state index in [1.54, 1.807) is 6.92 Å². The molecule has 1 atom stereocenters. The summed E-state index contributed by atoms with van der Waals surface area (Å²) >= 11 is 9.02. The number of halogens is 2. The molecular weight excluding hydrogens is 332 g/mol. The van der Waals surface area contributed by atoms with Crippen molar-refractivity contribution in [3.05, 3.63) is 34.3 Å². The van der Waals surface area contributed by atoms with Gasteiger partial charge in [-0.25, -0.2) is 0 Å². The third-order valence-corrected chi connectivity index (χ3v) is 3.59. The molecule has 104 valence electrons. The maximum Gasteiger partial charge on any atom is 0.237 e. The minimum atomic E-state index is -0.535. The highest BCUT2D eigenvalue weighted by Crippen LogP contribution is 2.14. The smallest absolute Gasteiger partial charge is 0.237 e. The number of rotatable bonds is 6. The van der Waals surface area contributed by atoms with Crippen LogP contribution < -0.4 is 5.73 Å². The molecule has 19 heavy (non-hydrogen) atoms. The van der Waals surface area contributed by atoms with E-state index in [1.165, 1.54) is 4.90 Å². The number of nitrogens with two attached hydrogens (primary N) is 1. The van der Waals surface area contributed by atoms with Crippen molar-refractivity contribution in [2.45, 2.75) is 13.5 Å². The molecule has 1 aromatic carbocycles. The molecule has 0 aliphatic rings.